The molecule has 0 spiro atoms. The van der Waals surface area contributed by atoms with E-state index >= 15 is 0 Å². The van der Waals surface area contributed by atoms with Crippen molar-refractivity contribution in [2.24, 2.45) is 18.7 Å². The molecule has 1 saturated heterocycles. The molecule has 1 aliphatic heterocycles. The Morgan fingerprint density at radius 3 is 2.70 bits per heavy atom. The molecule has 43 heavy (non-hydrogen) atoms. The summed E-state index contributed by atoms with van der Waals surface area (Å²) in [5.74, 6) is 0.583. The topological polar surface area (TPSA) is 128 Å². The number of hydrogen-bond acceptors (Lipinski definition) is 7. The number of primary amides is 1. The number of hydrogen-bond donors (Lipinski definition) is 3. The highest BCUT2D eigenvalue weighted by atomic mass is 32.1. The molecule has 5 aromatic rings. The van der Waals surface area contributed by atoms with Gasteiger partial charge in [0.25, 0.3) is 5.91 Å². The molecular weight excluding hydrogens is 560 g/mol. The normalized spacial score (nSPS) is 14.6. The molecule has 1 aliphatic rings. The van der Waals surface area contributed by atoms with E-state index in [-0.39, 0.29) is 17.7 Å². The van der Waals surface area contributed by atoms with E-state index in [9.17, 15) is 9.59 Å². The molecule has 9 nitrogen and oxygen atoms in total. The number of anilines is 2. The van der Waals surface area contributed by atoms with Crippen molar-refractivity contribution < 1.29 is 14.3 Å². The van der Waals surface area contributed by atoms with Gasteiger partial charge < -0.3 is 26.1 Å². The summed E-state index contributed by atoms with van der Waals surface area (Å²) in [5.41, 5.74) is 16.9. The SMILES string of the molecule is COc1cc(-c2csc3c(C=CCN4CCC(C(N)=O)CC4)cnc(N)c23)ccc1NC(=O)c1cc2ccccc2n1C. The number of nitrogens with one attached hydrogen (secondary N) is 1. The van der Waals surface area contributed by atoms with E-state index in [1.54, 1.807) is 24.6 Å². The zero-order chi connectivity index (χ0) is 30.1. The summed E-state index contributed by atoms with van der Waals surface area (Å²) in [6, 6.07) is 15.5. The van der Waals surface area contributed by atoms with Crippen LogP contribution >= 0.6 is 11.3 Å². The number of benzene rings is 2. The molecule has 2 aromatic carbocycles. The fraction of sp³-hybridized carbons (Fsp3) is 0.242. The van der Waals surface area contributed by atoms with Crippen LogP contribution in [0.1, 0.15) is 28.9 Å². The average molecular weight is 595 g/mol. The van der Waals surface area contributed by atoms with Crippen molar-refractivity contribution in [2.75, 3.05) is 37.8 Å². The molecule has 5 N–H and O–H groups in total. The number of fused-ring (bicyclic) bond motifs is 2. The first-order chi connectivity index (χ1) is 20.8. The van der Waals surface area contributed by atoms with E-state index in [1.807, 2.05) is 60.1 Å². The average Bonchev–Trinajstić information content (AvgIpc) is 3.61. The standard InChI is InChI=1S/C33H34N6O3S/c1-38-26-8-4-3-6-22(26)16-27(38)33(41)37-25-10-9-21(17-28(25)42-2)24-19-43-30-23(18-36-31(34)29(24)30)7-5-13-39-14-11-20(12-15-39)32(35)40/h3-10,16-20H,11-15H2,1-2H3,(H2,34,36)(H2,35,40)(H,37,41). The summed E-state index contributed by atoms with van der Waals surface area (Å²) in [4.78, 5) is 31.5. The number of piperidine rings is 1. The van der Waals surface area contributed by atoms with E-state index in [0.29, 0.717) is 22.9 Å². The van der Waals surface area contributed by atoms with E-state index < -0.39 is 0 Å². The van der Waals surface area contributed by atoms with Crippen LogP contribution < -0.4 is 21.5 Å². The van der Waals surface area contributed by atoms with Crippen LogP contribution in [-0.4, -0.2) is 53.0 Å². The highest BCUT2D eigenvalue weighted by Crippen LogP contribution is 2.41. The van der Waals surface area contributed by atoms with Crippen molar-refractivity contribution in [2.45, 2.75) is 12.8 Å². The van der Waals surface area contributed by atoms with Gasteiger partial charge in [-0.2, -0.15) is 0 Å². The summed E-state index contributed by atoms with van der Waals surface area (Å²) >= 11 is 1.62. The number of ether oxygens (including phenoxy) is 1. The number of thiophene rings is 1. The number of carbonyl (C=O) groups is 2. The molecule has 4 heterocycles. The van der Waals surface area contributed by atoms with Gasteiger partial charge in [0.05, 0.1) is 12.8 Å². The number of para-hydroxylation sites is 1. The summed E-state index contributed by atoms with van der Waals surface area (Å²) in [6.07, 6.45) is 7.63. The predicted octanol–water partition coefficient (Wildman–Crippen LogP) is 5.51. The lowest BCUT2D eigenvalue weighted by atomic mass is 9.96. The molecule has 10 heteroatoms. The van der Waals surface area contributed by atoms with Gasteiger partial charge in [-0.15, -0.1) is 11.3 Å². The van der Waals surface area contributed by atoms with Crippen molar-refractivity contribution in [1.29, 1.82) is 0 Å². The van der Waals surface area contributed by atoms with Crippen molar-refractivity contribution in [3.8, 4) is 16.9 Å². The third-order valence-electron chi connectivity index (χ3n) is 8.25. The zero-order valence-corrected chi connectivity index (χ0v) is 25.0. The Labute approximate surface area is 253 Å². The van der Waals surface area contributed by atoms with Gasteiger partial charge in [0.2, 0.25) is 5.91 Å². The van der Waals surface area contributed by atoms with Crippen LogP contribution in [0.25, 0.3) is 38.2 Å². The molecule has 1 fully saturated rings. The van der Waals surface area contributed by atoms with Gasteiger partial charge in [0, 0.05) is 57.8 Å². The molecule has 220 valence electrons. The van der Waals surface area contributed by atoms with E-state index in [2.05, 4.69) is 32.7 Å². The van der Waals surface area contributed by atoms with Gasteiger partial charge in [0.15, 0.2) is 0 Å². The molecular formula is C33H34N6O3S. The molecule has 2 amide bonds. The number of likely N-dealkylation sites (tertiary alicyclic amines) is 1. The summed E-state index contributed by atoms with van der Waals surface area (Å²) < 4.78 is 8.64. The summed E-state index contributed by atoms with van der Waals surface area (Å²) in [6.45, 7) is 2.51. The smallest absolute Gasteiger partial charge is 0.272 e. The number of nitrogen functional groups attached to an aromatic ring is 1. The van der Waals surface area contributed by atoms with E-state index in [4.69, 9.17) is 16.2 Å². The second-order valence-electron chi connectivity index (χ2n) is 10.8. The van der Waals surface area contributed by atoms with Crippen molar-refractivity contribution in [1.82, 2.24) is 14.5 Å². The highest BCUT2D eigenvalue weighted by Gasteiger charge is 2.22. The molecule has 0 radical (unpaired) electrons. The van der Waals surface area contributed by atoms with Gasteiger partial charge in [-0.05, 0) is 61.1 Å². The van der Waals surface area contributed by atoms with Crippen LogP contribution in [0.3, 0.4) is 0 Å². The van der Waals surface area contributed by atoms with Gasteiger partial charge in [-0.3, -0.25) is 14.5 Å². The lowest BCUT2D eigenvalue weighted by molar-refractivity contribution is -0.123. The van der Waals surface area contributed by atoms with Crippen LogP contribution in [0, 0.1) is 5.92 Å². The van der Waals surface area contributed by atoms with Gasteiger partial charge >= 0.3 is 0 Å². The van der Waals surface area contributed by atoms with E-state index in [0.717, 1.165) is 70.2 Å². The van der Waals surface area contributed by atoms with Crippen LogP contribution in [0.2, 0.25) is 0 Å². The molecule has 0 aliphatic carbocycles. The number of nitrogens with two attached hydrogens (primary N) is 2. The van der Waals surface area contributed by atoms with Crippen LogP contribution in [0.15, 0.2) is 66.2 Å². The highest BCUT2D eigenvalue weighted by molar-refractivity contribution is 7.18. The zero-order valence-electron chi connectivity index (χ0n) is 24.2. The summed E-state index contributed by atoms with van der Waals surface area (Å²) in [5, 5.41) is 6.99. The Morgan fingerprint density at radius 1 is 1.16 bits per heavy atom. The maximum Gasteiger partial charge on any atom is 0.272 e. The first-order valence-electron chi connectivity index (χ1n) is 14.2. The second-order valence-corrected chi connectivity index (χ2v) is 11.7. The maximum absolute atomic E-state index is 13.2. The molecule has 0 atom stereocenters. The second kappa shape index (κ2) is 11.9. The Morgan fingerprint density at radius 2 is 1.95 bits per heavy atom. The first kappa shape index (κ1) is 28.4. The lowest BCUT2D eigenvalue weighted by Crippen LogP contribution is -2.38. The number of aryl methyl sites for hydroxylation is 1. The van der Waals surface area contributed by atoms with Crippen LogP contribution in [0.4, 0.5) is 11.5 Å². The minimum Gasteiger partial charge on any atom is -0.495 e. The number of carbonyl (C=O) groups excluding carboxylic acids is 2. The number of nitrogens with zero attached hydrogens (tertiary/aromatic N) is 3. The largest absolute Gasteiger partial charge is 0.495 e. The Balaban J connectivity index is 1.22. The third-order valence-corrected chi connectivity index (χ3v) is 9.28. The third kappa shape index (κ3) is 5.59. The fourth-order valence-electron chi connectivity index (χ4n) is 5.80. The van der Waals surface area contributed by atoms with Crippen molar-refractivity contribution >= 4 is 61.7 Å². The van der Waals surface area contributed by atoms with Gasteiger partial charge in [0.1, 0.15) is 17.3 Å². The fourth-order valence-corrected chi connectivity index (χ4v) is 6.88. The molecule has 0 unspecified atom stereocenters. The minimum atomic E-state index is -0.215. The Bertz CT molecular complexity index is 1870. The number of methoxy groups -OCH3 is 1. The maximum atomic E-state index is 13.2. The van der Waals surface area contributed by atoms with E-state index in [1.165, 1.54) is 0 Å². The quantitative estimate of drug-likeness (QED) is 0.217. The van der Waals surface area contributed by atoms with Gasteiger partial charge in [-0.1, -0.05) is 36.4 Å². The predicted molar refractivity (Wildman–Crippen MR) is 174 cm³/mol. The molecule has 6 rings (SSSR count). The molecule has 0 bridgehead atoms. The lowest BCUT2D eigenvalue weighted by Gasteiger charge is -2.29. The minimum absolute atomic E-state index is 0.0149. The first-order valence-corrected chi connectivity index (χ1v) is 15.1. The van der Waals surface area contributed by atoms with Crippen molar-refractivity contribution in [3.05, 3.63) is 77.4 Å². The number of aromatic nitrogens is 2. The van der Waals surface area contributed by atoms with Crippen LogP contribution in [-0.2, 0) is 11.8 Å². The monoisotopic (exact) mass is 594 g/mol. The summed E-state index contributed by atoms with van der Waals surface area (Å²) in [7, 11) is 3.47. The Hall–Kier alpha value is -4.67. The number of amides is 2. The van der Waals surface area contributed by atoms with Crippen molar-refractivity contribution in [3.63, 3.8) is 0 Å². The number of rotatable bonds is 8. The molecule has 0 saturated carbocycles. The van der Waals surface area contributed by atoms with Gasteiger partial charge in [-0.25, -0.2) is 4.98 Å². The Kier molecular flexibility index (Phi) is 7.88. The number of pyridine rings is 1. The molecule has 3 aromatic heterocycles. The van der Waals surface area contributed by atoms with Crippen LogP contribution in [0.5, 0.6) is 5.75 Å².